The lowest BCUT2D eigenvalue weighted by Gasteiger charge is -2.38. The van der Waals surface area contributed by atoms with Crippen molar-refractivity contribution in [2.45, 2.75) is 57.4 Å². The molecule has 3 aliphatic rings. The summed E-state index contributed by atoms with van der Waals surface area (Å²) in [6.07, 6.45) is 10.1. The summed E-state index contributed by atoms with van der Waals surface area (Å²) in [5.41, 5.74) is -3.00. The molecule has 1 saturated heterocycles. The van der Waals surface area contributed by atoms with Gasteiger partial charge in [0, 0.05) is 17.9 Å². The zero-order valence-electron chi connectivity index (χ0n) is 17.6. The smallest absolute Gasteiger partial charge is 0.324 e. The van der Waals surface area contributed by atoms with E-state index in [0.717, 1.165) is 0 Å². The van der Waals surface area contributed by atoms with Crippen LogP contribution in [0.25, 0.3) is 0 Å². The third-order valence-electron chi connectivity index (χ3n) is 6.63. The highest BCUT2D eigenvalue weighted by molar-refractivity contribution is 5.85. The number of phenolic OH excluding ortho intramolecular Hbond substituents is 1. The SMILES string of the molecule is O=C1C2CCCCC1C(N1CCCC1)CC2.O=[N+]([O-])c1cc([N+](=O)[O-])c(O)c([N+](=O)[O-])c1. The molecule has 0 spiro atoms. The van der Waals surface area contributed by atoms with Gasteiger partial charge in [-0.25, -0.2) is 0 Å². The number of nitro groups is 3. The van der Waals surface area contributed by atoms with Crippen molar-refractivity contribution < 1.29 is 24.7 Å². The Morgan fingerprint density at radius 3 is 1.91 bits per heavy atom. The van der Waals surface area contributed by atoms with Crippen LogP contribution in [-0.4, -0.2) is 49.7 Å². The summed E-state index contributed by atoms with van der Waals surface area (Å²) in [6, 6.07) is 1.51. The van der Waals surface area contributed by atoms with Gasteiger partial charge in [-0.3, -0.25) is 40.0 Å². The van der Waals surface area contributed by atoms with E-state index in [-0.39, 0.29) is 0 Å². The number of carbonyl (C=O) groups is 1. The summed E-state index contributed by atoms with van der Waals surface area (Å²) in [4.78, 5) is 42.8. The van der Waals surface area contributed by atoms with Gasteiger partial charge in [0.15, 0.2) is 0 Å². The minimum Gasteiger partial charge on any atom is -0.497 e. The van der Waals surface area contributed by atoms with Gasteiger partial charge in [0.25, 0.3) is 11.4 Å². The number of nitrogens with zero attached hydrogens (tertiary/aromatic N) is 4. The van der Waals surface area contributed by atoms with Gasteiger partial charge in [-0.15, -0.1) is 0 Å². The van der Waals surface area contributed by atoms with Gasteiger partial charge in [0.05, 0.1) is 26.9 Å². The van der Waals surface area contributed by atoms with Gasteiger partial charge in [-0.1, -0.05) is 12.8 Å². The van der Waals surface area contributed by atoms with Crippen LogP contribution >= 0.6 is 0 Å². The molecule has 1 aromatic carbocycles. The molecule has 3 atom stereocenters. The predicted molar refractivity (Wildman–Crippen MR) is 112 cm³/mol. The van der Waals surface area contributed by atoms with Crippen LogP contribution < -0.4 is 0 Å². The van der Waals surface area contributed by atoms with Crippen molar-refractivity contribution in [3.63, 3.8) is 0 Å². The van der Waals surface area contributed by atoms with Crippen LogP contribution in [0, 0.1) is 42.2 Å². The van der Waals surface area contributed by atoms with Crippen molar-refractivity contribution in [1.29, 1.82) is 0 Å². The van der Waals surface area contributed by atoms with Gasteiger partial charge >= 0.3 is 11.4 Å². The molecule has 0 aromatic heterocycles. The quantitative estimate of drug-likeness (QED) is 0.530. The Kier molecular flexibility index (Phi) is 7.33. The Labute approximate surface area is 183 Å². The lowest BCUT2D eigenvalue weighted by atomic mass is 9.75. The third-order valence-corrected chi connectivity index (χ3v) is 6.63. The molecule has 0 radical (unpaired) electrons. The number of likely N-dealkylation sites (tertiary alicyclic amines) is 1. The van der Waals surface area contributed by atoms with Crippen molar-refractivity contribution in [1.82, 2.24) is 4.90 Å². The second-order valence-electron chi connectivity index (χ2n) is 8.48. The fourth-order valence-electron chi connectivity index (χ4n) is 5.07. The summed E-state index contributed by atoms with van der Waals surface area (Å²) in [6.45, 7) is 2.50. The number of benzene rings is 1. The molecule has 1 N–H and O–H groups in total. The van der Waals surface area contributed by atoms with E-state index in [0.29, 0.717) is 35.8 Å². The van der Waals surface area contributed by atoms with Crippen LogP contribution in [0.5, 0.6) is 5.75 Å². The highest BCUT2D eigenvalue weighted by Crippen LogP contribution is 2.40. The van der Waals surface area contributed by atoms with Gasteiger partial charge in [0.1, 0.15) is 5.78 Å². The molecule has 1 aliphatic heterocycles. The number of aromatic hydroxyl groups is 1. The molecule has 3 unspecified atom stereocenters. The molecule has 2 saturated carbocycles. The highest BCUT2D eigenvalue weighted by atomic mass is 16.6. The first-order chi connectivity index (χ1) is 15.2. The number of ketones is 1. The molecule has 2 aliphatic carbocycles. The Bertz CT molecular complexity index is 880. The second-order valence-corrected chi connectivity index (χ2v) is 8.48. The summed E-state index contributed by atoms with van der Waals surface area (Å²) < 4.78 is 0. The van der Waals surface area contributed by atoms with Gasteiger partial charge in [-0.05, 0) is 51.6 Å². The highest BCUT2D eigenvalue weighted by Gasteiger charge is 2.41. The Balaban J connectivity index is 0.000000181. The van der Waals surface area contributed by atoms with E-state index >= 15 is 0 Å². The maximum Gasteiger partial charge on any atom is 0.324 e. The first-order valence-electron chi connectivity index (χ1n) is 10.8. The summed E-state index contributed by atoms with van der Waals surface area (Å²) in [5.74, 6) is 0.256. The van der Waals surface area contributed by atoms with Gasteiger partial charge in [0.2, 0.25) is 0 Å². The van der Waals surface area contributed by atoms with Crippen LogP contribution in [0.3, 0.4) is 0 Å². The van der Waals surface area contributed by atoms with Crippen molar-refractivity contribution in [3.8, 4) is 5.75 Å². The fourth-order valence-corrected chi connectivity index (χ4v) is 5.07. The van der Waals surface area contributed by atoms with E-state index in [2.05, 4.69) is 4.90 Å². The van der Waals surface area contributed by atoms with Crippen LogP contribution in [-0.2, 0) is 4.79 Å². The number of phenols is 1. The average molecular weight is 450 g/mol. The Hall–Kier alpha value is -3.15. The van der Waals surface area contributed by atoms with Crippen molar-refractivity contribution >= 4 is 22.8 Å². The number of carbonyl (C=O) groups excluding carboxylic acids is 1. The van der Waals surface area contributed by atoms with E-state index in [4.69, 9.17) is 5.11 Å². The molecular weight excluding hydrogens is 424 g/mol. The average Bonchev–Trinajstić information content (AvgIpc) is 3.24. The lowest BCUT2D eigenvalue weighted by Crippen LogP contribution is -2.46. The lowest BCUT2D eigenvalue weighted by molar-refractivity contribution is -0.404. The number of Topliss-reactive ketones (excluding diaryl/α,β-unsaturated/α-hetero) is 1. The molecule has 12 heteroatoms. The molecule has 1 aromatic rings. The minimum absolute atomic E-state index is 0.402. The molecule has 174 valence electrons. The largest absolute Gasteiger partial charge is 0.497 e. The van der Waals surface area contributed by atoms with Crippen LogP contribution in [0.4, 0.5) is 17.1 Å². The topological polar surface area (TPSA) is 170 Å². The standard InChI is InChI=1S/C14H23NO.C6H3N3O7/c16-14-11-5-1-2-6-12(14)13(8-7-11)15-9-3-4-10-15;10-6-4(8(13)14)1-3(7(11)12)2-5(6)9(15)16/h11-13H,1-10H2;1-2,10H. The predicted octanol–water partition coefficient (Wildman–Crippen LogP) is 3.74. The number of hydrogen-bond acceptors (Lipinski definition) is 9. The van der Waals surface area contributed by atoms with E-state index < -0.39 is 37.6 Å². The number of rotatable bonds is 4. The number of hydrogen-bond donors (Lipinski definition) is 1. The Morgan fingerprint density at radius 1 is 0.812 bits per heavy atom. The molecule has 3 fully saturated rings. The molecule has 2 bridgehead atoms. The molecule has 1 heterocycles. The molecule has 0 amide bonds. The van der Waals surface area contributed by atoms with Gasteiger partial charge < -0.3 is 5.11 Å². The molecule has 4 rings (SSSR count). The van der Waals surface area contributed by atoms with Crippen molar-refractivity contribution in [3.05, 3.63) is 42.5 Å². The monoisotopic (exact) mass is 450 g/mol. The number of fused-ring (bicyclic) bond motifs is 2. The maximum absolute atomic E-state index is 12.4. The first kappa shape index (κ1) is 23.5. The second kappa shape index (κ2) is 9.98. The van der Waals surface area contributed by atoms with E-state index in [9.17, 15) is 35.1 Å². The third kappa shape index (κ3) is 5.01. The van der Waals surface area contributed by atoms with E-state index in [1.54, 1.807) is 0 Å². The molecule has 32 heavy (non-hydrogen) atoms. The zero-order chi connectivity index (χ0) is 23.4. The Morgan fingerprint density at radius 2 is 1.38 bits per heavy atom. The van der Waals surface area contributed by atoms with Crippen LogP contribution in [0.2, 0.25) is 0 Å². The van der Waals surface area contributed by atoms with Crippen LogP contribution in [0.1, 0.15) is 51.4 Å². The van der Waals surface area contributed by atoms with Crippen molar-refractivity contribution in [2.75, 3.05) is 13.1 Å². The van der Waals surface area contributed by atoms with Crippen LogP contribution in [0.15, 0.2) is 12.1 Å². The minimum atomic E-state index is -1.21. The first-order valence-corrected chi connectivity index (χ1v) is 10.8. The number of nitro benzene ring substituents is 3. The van der Waals surface area contributed by atoms with E-state index in [1.807, 2.05) is 0 Å². The summed E-state index contributed by atoms with van der Waals surface area (Å²) >= 11 is 0. The molecular formula is C20H26N4O8. The number of non-ortho nitro benzene ring substituents is 1. The van der Waals surface area contributed by atoms with E-state index in [1.165, 1.54) is 64.5 Å². The maximum atomic E-state index is 12.4. The normalized spacial score (nSPS) is 25.4. The zero-order valence-corrected chi connectivity index (χ0v) is 17.6. The summed E-state index contributed by atoms with van der Waals surface area (Å²) in [5, 5.41) is 40.2. The fraction of sp³-hybridized carbons (Fsp3) is 0.650. The van der Waals surface area contributed by atoms with Crippen molar-refractivity contribution in [2.24, 2.45) is 11.8 Å². The van der Waals surface area contributed by atoms with Gasteiger partial charge in [-0.2, -0.15) is 0 Å². The molecule has 12 nitrogen and oxygen atoms in total. The summed E-state index contributed by atoms with van der Waals surface area (Å²) in [7, 11) is 0.